The number of likely N-dealkylation sites (tertiary alicyclic amines) is 1. The van der Waals surface area contributed by atoms with Gasteiger partial charge >= 0.3 is 6.03 Å². The van der Waals surface area contributed by atoms with Crippen LogP contribution in [0.3, 0.4) is 0 Å². The number of rotatable bonds is 6. The van der Waals surface area contributed by atoms with E-state index in [2.05, 4.69) is 28.4 Å². The molecule has 128 valence electrons. The molecule has 3 rings (SSSR count). The first kappa shape index (κ1) is 16.3. The number of ether oxygens (including phenoxy) is 1. The third kappa shape index (κ3) is 3.35. The van der Waals surface area contributed by atoms with Gasteiger partial charge in [-0.2, -0.15) is 5.10 Å². The highest BCUT2D eigenvalue weighted by Gasteiger charge is 2.42. The predicted molar refractivity (Wildman–Crippen MR) is 87.2 cm³/mol. The number of aromatic nitrogens is 2. The summed E-state index contributed by atoms with van der Waals surface area (Å²) in [4.78, 5) is 16.5. The molecular formula is C16H27N5O2. The number of nitrogens with one attached hydrogen (secondary N) is 1. The molecule has 0 unspecified atom stereocenters. The Labute approximate surface area is 137 Å². The van der Waals surface area contributed by atoms with Crippen molar-refractivity contribution in [3.8, 4) is 0 Å². The molecule has 2 fully saturated rings. The van der Waals surface area contributed by atoms with Gasteiger partial charge in [0.05, 0.1) is 24.4 Å². The third-order valence-electron chi connectivity index (χ3n) is 4.89. The summed E-state index contributed by atoms with van der Waals surface area (Å²) >= 11 is 0. The van der Waals surface area contributed by atoms with Crippen molar-refractivity contribution in [2.24, 2.45) is 7.05 Å². The van der Waals surface area contributed by atoms with Gasteiger partial charge in [-0.25, -0.2) is 4.79 Å². The van der Waals surface area contributed by atoms with Crippen LogP contribution in [0.2, 0.25) is 0 Å². The van der Waals surface area contributed by atoms with Gasteiger partial charge in [0.2, 0.25) is 0 Å². The molecule has 0 bridgehead atoms. The maximum Gasteiger partial charge on any atom is 0.318 e. The molecule has 2 amide bonds. The summed E-state index contributed by atoms with van der Waals surface area (Å²) in [5, 5.41) is 7.65. The Morgan fingerprint density at radius 1 is 1.48 bits per heavy atom. The number of carbonyl (C=O) groups is 1. The van der Waals surface area contributed by atoms with Crippen molar-refractivity contribution in [1.29, 1.82) is 0 Å². The van der Waals surface area contributed by atoms with Gasteiger partial charge in [0.25, 0.3) is 0 Å². The van der Waals surface area contributed by atoms with Crippen LogP contribution in [-0.2, 0) is 24.8 Å². The Kier molecular flexibility index (Phi) is 4.87. The Bertz CT molecular complexity index is 559. The molecule has 0 saturated carbocycles. The Morgan fingerprint density at radius 3 is 3.04 bits per heavy atom. The molecule has 2 atom stereocenters. The Hall–Kier alpha value is -1.60. The minimum absolute atomic E-state index is 0.0505. The minimum atomic E-state index is 0.0505. The van der Waals surface area contributed by atoms with Gasteiger partial charge < -0.3 is 15.0 Å². The van der Waals surface area contributed by atoms with Crippen molar-refractivity contribution in [1.82, 2.24) is 24.9 Å². The summed E-state index contributed by atoms with van der Waals surface area (Å²) < 4.78 is 7.01. The fourth-order valence-corrected chi connectivity index (χ4v) is 3.77. The number of carbonyl (C=O) groups excluding carboxylic acids is 1. The van der Waals surface area contributed by atoms with Gasteiger partial charge in [-0.05, 0) is 12.8 Å². The van der Waals surface area contributed by atoms with Crippen molar-refractivity contribution >= 4 is 6.03 Å². The van der Waals surface area contributed by atoms with Crippen LogP contribution in [0.5, 0.6) is 0 Å². The molecule has 2 aliphatic rings. The van der Waals surface area contributed by atoms with Crippen LogP contribution in [0.4, 0.5) is 4.79 Å². The van der Waals surface area contributed by atoms with Gasteiger partial charge in [0.1, 0.15) is 0 Å². The zero-order chi connectivity index (χ0) is 16.4. The van der Waals surface area contributed by atoms with E-state index < -0.39 is 0 Å². The van der Waals surface area contributed by atoms with E-state index in [0.29, 0.717) is 19.2 Å². The highest BCUT2D eigenvalue weighted by Crippen LogP contribution is 2.24. The molecule has 7 heteroatoms. The fraction of sp³-hybridized carbons (Fsp3) is 0.750. The number of piperidine rings is 1. The minimum Gasteiger partial charge on any atom is -0.383 e. The van der Waals surface area contributed by atoms with Gasteiger partial charge in [-0.15, -0.1) is 0 Å². The number of hydrogen-bond donors (Lipinski definition) is 1. The van der Waals surface area contributed by atoms with E-state index >= 15 is 0 Å². The van der Waals surface area contributed by atoms with Crippen LogP contribution in [0, 0.1) is 0 Å². The highest BCUT2D eigenvalue weighted by molar-refractivity contribution is 5.77. The Balaban J connectivity index is 1.61. The van der Waals surface area contributed by atoms with E-state index in [0.717, 1.165) is 32.5 Å². The first-order chi connectivity index (χ1) is 11.1. The van der Waals surface area contributed by atoms with Crippen molar-refractivity contribution in [3.05, 3.63) is 17.5 Å². The summed E-state index contributed by atoms with van der Waals surface area (Å²) in [6.45, 7) is 6.23. The zero-order valence-corrected chi connectivity index (χ0v) is 14.3. The summed E-state index contributed by atoms with van der Waals surface area (Å²) in [6, 6.07) is 0.567. The number of urea groups is 1. The molecule has 2 saturated heterocycles. The van der Waals surface area contributed by atoms with E-state index in [4.69, 9.17) is 4.74 Å². The van der Waals surface area contributed by atoms with Crippen LogP contribution in [0.1, 0.15) is 24.6 Å². The van der Waals surface area contributed by atoms with E-state index in [9.17, 15) is 4.79 Å². The second-order valence-corrected chi connectivity index (χ2v) is 6.46. The number of hydrogen-bond acceptors (Lipinski definition) is 4. The zero-order valence-electron chi connectivity index (χ0n) is 14.3. The van der Waals surface area contributed by atoms with Crippen LogP contribution in [0.25, 0.3) is 0 Å². The topological polar surface area (TPSA) is 62.6 Å². The lowest BCUT2D eigenvalue weighted by atomic mass is 9.99. The smallest absolute Gasteiger partial charge is 0.318 e. The maximum absolute atomic E-state index is 12.1. The first-order valence-electron chi connectivity index (χ1n) is 8.42. The van der Waals surface area contributed by atoms with Gasteiger partial charge in [0, 0.05) is 52.1 Å². The second-order valence-electron chi connectivity index (χ2n) is 6.46. The lowest BCUT2D eigenvalue weighted by Gasteiger charge is -2.36. The highest BCUT2D eigenvalue weighted by atomic mass is 16.5. The van der Waals surface area contributed by atoms with Crippen LogP contribution < -0.4 is 5.32 Å². The molecule has 1 N–H and O–H groups in total. The number of fused-ring (bicyclic) bond motifs is 1. The van der Waals surface area contributed by atoms with Crippen molar-refractivity contribution < 1.29 is 9.53 Å². The summed E-state index contributed by atoms with van der Waals surface area (Å²) in [7, 11) is 3.65. The van der Waals surface area contributed by atoms with E-state index in [1.54, 1.807) is 7.11 Å². The standard InChI is InChI=1S/C16H27N5O2/c1-4-13-12(9-19(2)18-13)10-20-6-5-15-14(11-20)17-16(22)21(15)7-8-23-3/h9,14-15H,4-8,10-11H2,1-3H3,(H,17,22)/t14-,15+/m1/s1. The molecule has 3 heterocycles. The van der Waals surface area contributed by atoms with Crippen molar-refractivity contribution in [2.45, 2.75) is 38.4 Å². The summed E-state index contributed by atoms with van der Waals surface area (Å²) in [5.41, 5.74) is 2.47. The maximum atomic E-state index is 12.1. The van der Waals surface area contributed by atoms with E-state index in [1.165, 1.54) is 11.3 Å². The van der Waals surface area contributed by atoms with Crippen molar-refractivity contribution in [3.63, 3.8) is 0 Å². The number of nitrogens with zero attached hydrogens (tertiary/aromatic N) is 4. The average Bonchev–Trinajstić information content (AvgIpc) is 3.03. The van der Waals surface area contributed by atoms with Gasteiger partial charge in [-0.3, -0.25) is 9.58 Å². The van der Waals surface area contributed by atoms with Crippen LogP contribution >= 0.6 is 0 Å². The van der Waals surface area contributed by atoms with E-state index in [-0.39, 0.29) is 12.1 Å². The fourth-order valence-electron chi connectivity index (χ4n) is 3.77. The molecule has 0 radical (unpaired) electrons. The molecule has 1 aromatic rings. The molecular weight excluding hydrogens is 294 g/mol. The third-order valence-corrected chi connectivity index (χ3v) is 4.89. The summed E-state index contributed by atoms with van der Waals surface area (Å²) in [5.74, 6) is 0. The monoisotopic (exact) mass is 321 g/mol. The Morgan fingerprint density at radius 2 is 2.30 bits per heavy atom. The number of amides is 2. The largest absolute Gasteiger partial charge is 0.383 e. The number of aryl methyl sites for hydroxylation is 2. The normalized spacial score (nSPS) is 24.8. The SMILES string of the molecule is CCc1nn(C)cc1CN1CC[C@H]2[C@@H](C1)NC(=O)N2CCOC. The molecule has 7 nitrogen and oxygen atoms in total. The number of methoxy groups -OCH3 is 1. The first-order valence-corrected chi connectivity index (χ1v) is 8.42. The lowest BCUT2D eigenvalue weighted by Crippen LogP contribution is -2.51. The van der Waals surface area contributed by atoms with Crippen LogP contribution in [0.15, 0.2) is 6.20 Å². The van der Waals surface area contributed by atoms with Crippen LogP contribution in [-0.4, -0.2) is 71.0 Å². The molecule has 23 heavy (non-hydrogen) atoms. The quantitative estimate of drug-likeness (QED) is 0.833. The average molecular weight is 321 g/mol. The van der Waals surface area contributed by atoms with Crippen molar-refractivity contribution in [2.75, 3.05) is 33.4 Å². The summed E-state index contributed by atoms with van der Waals surface area (Å²) in [6.07, 6.45) is 4.08. The second kappa shape index (κ2) is 6.88. The predicted octanol–water partition coefficient (Wildman–Crippen LogP) is 0.597. The molecule has 1 aromatic heterocycles. The van der Waals surface area contributed by atoms with Gasteiger partial charge in [0.15, 0.2) is 0 Å². The molecule has 0 aliphatic carbocycles. The molecule has 0 aromatic carbocycles. The lowest BCUT2D eigenvalue weighted by molar-refractivity contribution is 0.111. The van der Waals surface area contributed by atoms with E-state index in [1.807, 2.05) is 16.6 Å². The van der Waals surface area contributed by atoms with Gasteiger partial charge in [-0.1, -0.05) is 6.92 Å². The molecule has 2 aliphatic heterocycles. The molecule has 0 spiro atoms.